The molecule has 106 valence electrons. The van der Waals surface area contributed by atoms with Crippen LogP contribution in [0, 0.1) is 0 Å². The molecule has 2 aliphatic heterocycles. The van der Waals surface area contributed by atoms with E-state index in [1.165, 1.54) is 38.8 Å². The normalized spacial score (nSPS) is 33.0. The Morgan fingerprint density at radius 2 is 2.22 bits per heavy atom. The van der Waals surface area contributed by atoms with E-state index in [0.29, 0.717) is 6.04 Å². The Kier molecular flexibility index (Phi) is 5.01. The third-order valence-corrected chi connectivity index (χ3v) is 5.00. The van der Waals surface area contributed by atoms with E-state index in [1.807, 2.05) is 0 Å². The summed E-state index contributed by atoms with van der Waals surface area (Å²) >= 11 is 0. The van der Waals surface area contributed by atoms with Crippen molar-refractivity contribution in [3.63, 3.8) is 0 Å². The maximum atomic E-state index is 6.21. The predicted octanol–water partition coefficient (Wildman–Crippen LogP) is 0.910. The Morgan fingerprint density at radius 3 is 2.89 bits per heavy atom. The monoisotopic (exact) mass is 255 g/mol. The predicted molar refractivity (Wildman–Crippen MR) is 74.7 cm³/mol. The first-order chi connectivity index (χ1) is 8.78. The molecular weight excluding hydrogens is 226 g/mol. The lowest BCUT2D eigenvalue weighted by molar-refractivity contribution is 0.0237. The maximum Gasteiger partial charge on any atom is 0.0589 e. The Balaban J connectivity index is 2.12. The Morgan fingerprint density at radius 1 is 1.39 bits per heavy atom. The second-order valence-electron chi connectivity index (χ2n) is 5.68. The average molecular weight is 255 g/mol. The zero-order valence-corrected chi connectivity index (χ0v) is 12.0. The molecule has 2 atom stereocenters. The van der Waals surface area contributed by atoms with E-state index in [-0.39, 0.29) is 5.54 Å². The maximum absolute atomic E-state index is 6.21. The van der Waals surface area contributed by atoms with E-state index in [1.54, 1.807) is 7.11 Å². The van der Waals surface area contributed by atoms with Gasteiger partial charge in [0, 0.05) is 38.3 Å². The van der Waals surface area contributed by atoms with Crippen LogP contribution in [0.5, 0.6) is 0 Å². The van der Waals surface area contributed by atoms with Crippen molar-refractivity contribution in [2.24, 2.45) is 5.73 Å². The standard InChI is InChI=1S/C14H29N3O/c1-3-17(10-11-18-2)14(12-15)7-9-16-8-5-4-6-13(14)16/h13H,3-12,15H2,1-2H3. The Labute approximate surface area is 111 Å². The minimum Gasteiger partial charge on any atom is -0.383 e. The fraction of sp³-hybridized carbons (Fsp3) is 1.00. The lowest BCUT2D eigenvalue weighted by Crippen LogP contribution is -2.62. The number of methoxy groups -OCH3 is 1. The van der Waals surface area contributed by atoms with Crippen molar-refractivity contribution in [2.75, 3.05) is 46.4 Å². The molecule has 4 nitrogen and oxygen atoms in total. The van der Waals surface area contributed by atoms with Crippen molar-refractivity contribution >= 4 is 0 Å². The van der Waals surface area contributed by atoms with Gasteiger partial charge in [-0.05, 0) is 32.4 Å². The van der Waals surface area contributed by atoms with Crippen molar-refractivity contribution < 1.29 is 4.74 Å². The molecule has 0 aromatic carbocycles. The first kappa shape index (κ1) is 14.3. The van der Waals surface area contributed by atoms with Crippen molar-refractivity contribution in [3.8, 4) is 0 Å². The number of nitrogens with two attached hydrogens (primary N) is 1. The van der Waals surface area contributed by atoms with Gasteiger partial charge in [-0.1, -0.05) is 13.3 Å². The first-order valence-corrected chi connectivity index (χ1v) is 7.46. The van der Waals surface area contributed by atoms with Crippen LogP contribution in [-0.2, 0) is 4.74 Å². The highest BCUT2D eigenvalue weighted by Crippen LogP contribution is 2.38. The number of fused-ring (bicyclic) bond motifs is 1. The number of rotatable bonds is 6. The van der Waals surface area contributed by atoms with Crippen LogP contribution in [0.1, 0.15) is 32.6 Å². The smallest absolute Gasteiger partial charge is 0.0589 e. The molecule has 0 aromatic heterocycles. The van der Waals surface area contributed by atoms with Gasteiger partial charge in [0.2, 0.25) is 0 Å². The molecular formula is C14H29N3O. The highest BCUT2D eigenvalue weighted by Gasteiger charge is 2.49. The van der Waals surface area contributed by atoms with Crippen LogP contribution in [-0.4, -0.2) is 67.8 Å². The van der Waals surface area contributed by atoms with Crippen LogP contribution < -0.4 is 5.73 Å². The summed E-state index contributed by atoms with van der Waals surface area (Å²) in [6.07, 6.45) is 5.28. The Hall–Kier alpha value is -0.160. The SMILES string of the molecule is CCN(CCOC)C1(CN)CCN2CCCCC21. The van der Waals surface area contributed by atoms with Gasteiger partial charge in [-0.25, -0.2) is 0 Å². The molecule has 2 saturated heterocycles. The lowest BCUT2D eigenvalue weighted by atomic mass is 9.83. The molecule has 0 bridgehead atoms. The molecule has 0 spiro atoms. The number of hydrogen-bond donors (Lipinski definition) is 1. The van der Waals surface area contributed by atoms with Gasteiger partial charge in [0.05, 0.1) is 6.61 Å². The van der Waals surface area contributed by atoms with Gasteiger partial charge < -0.3 is 10.5 Å². The van der Waals surface area contributed by atoms with Gasteiger partial charge in [0.25, 0.3) is 0 Å². The van der Waals surface area contributed by atoms with Crippen molar-refractivity contribution in [1.82, 2.24) is 9.80 Å². The zero-order valence-electron chi connectivity index (χ0n) is 12.0. The number of likely N-dealkylation sites (N-methyl/N-ethyl adjacent to an activating group) is 1. The highest BCUT2D eigenvalue weighted by atomic mass is 16.5. The number of ether oxygens (including phenoxy) is 1. The van der Waals surface area contributed by atoms with Gasteiger partial charge >= 0.3 is 0 Å². The second kappa shape index (κ2) is 6.33. The molecule has 2 heterocycles. The largest absolute Gasteiger partial charge is 0.383 e. The molecule has 0 aromatic rings. The van der Waals surface area contributed by atoms with E-state index in [4.69, 9.17) is 10.5 Å². The fourth-order valence-corrected chi connectivity index (χ4v) is 4.00. The zero-order chi connectivity index (χ0) is 13.0. The minimum absolute atomic E-state index is 0.202. The average Bonchev–Trinajstić information content (AvgIpc) is 2.80. The van der Waals surface area contributed by atoms with Crippen LogP contribution in [0.15, 0.2) is 0 Å². The minimum atomic E-state index is 0.202. The molecule has 0 aliphatic carbocycles. The van der Waals surface area contributed by atoms with Crippen LogP contribution in [0.2, 0.25) is 0 Å². The molecule has 2 aliphatic rings. The van der Waals surface area contributed by atoms with Crippen LogP contribution in [0.25, 0.3) is 0 Å². The summed E-state index contributed by atoms with van der Waals surface area (Å²) in [6.45, 7) is 8.42. The molecule has 0 saturated carbocycles. The summed E-state index contributed by atoms with van der Waals surface area (Å²) in [4.78, 5) is 5.25. The molecule has 2 unspecified atom stereocenters. The fourth-order valence-electron chi connectivity index (χ4n) is 4.00. The third-order valence-electron chi connectivity index (χ3n) is 5.00. The van der Waals surface area contributed by atoms with Crippen molar-refractivity contribution in [3.05, 3.63) is 0 Å². The van der Waals surface area contributed by atoms with Crippen LogP contribution in [0.4, 0.5) is 0 Å². The molecule has 4 heteroatoms. The highest BCUT2D eigenvalue weighted by molar-refractivity contribution is 5.08. The summed E-state index contributed by atoms with van der Waals surface area (Å²) < 4.78 is 5.26. The van der Waals surface area contributed by atoms with E-state index >= 15 is 0 Å². The lowest BCUT2D eigenvalue weighted by Gasteiger charge is -2.47. The quantitative estimate of drug-likeness (QED) is 0.766. The Bertz CT molecular complexity index is 261. The van der Waals surface area contributed by atoms with Gasteiger partial charge in [0.15, 0.2) is 0 Å². The van der Waals surface area contributed by atoms with E-state index in [2.05, 4.69) is 16.7 Å². The first-order valence-electron chi connectivity index (χ1n) is 7.46. The third kappa shape index (κ3) is 2.44. The number of piperidine rings is 1. The topological polar surface area (TPSA) is 41.7 Å². The molecule has 2 rings (SSSR count). The molecule has 0 radical (unpaired) electrons. The van der Waals surface area contributed by atoms with Crippen LogP contribution in [0.3, 0.4) is 0 Å². The van der Waals surface area contributed by atoms with Gasteiger partial charge in [-0.3, -0.25) is 9.80 Å². The summed E-state index contributed by atoms with van der Waals surface area (Å²) in [6, 6.07) is 0.674. The second-order valence-corrected chi connectivity index (χ2v) is 5.68. The van der Waals surface area contributed by atoms with Gasteiger partial charge in [-0.15, -0.1) is 0 Å². The molecule has 2 N–H and O–H groups in total. The van der Waals surface area contributed by atoms with Gasteiger partial charge in [0.1, 0.15) is 0 Å². The molecule has 0 amide bonds. The summed E-state index contributed by atoms with van der Waals surface area (Å²) in [5.41, 5.74) is 6.42. The molecule has 18 heavy (non-hydrogen) atoms. The number of hydrogen-bond acceptors (Lipinski definition) is 4. The van der Waals surface area contributed by atoms with Crippen molar-refractivity contribution in [1.29, 1.82) is 0 Å². The summed E-state index contributed by atoms with van der Waals surface area (Å²) in [5, 5.41) is 0. The molecule has 2 fully saturated rings. The summed E-state index contributed by atoms with van der Waals surface area (Å²) in [7, 11) is 1.78. The van der Waals surface area contributed by atoms with Crippen molar-refractivity contribution in [2.45, 2.75) is 44.2 Å². The van der Waals surface area contributed by atoms with E-state index in [9.17, 15) is 0 Å². The van der Waals surface area contributed by atoms with E-state index < -0.39 is 0 Å². The summed E-state index contributed by atoms with van der Waals surface area (Å²) in [5.74, 6) is 0. The van der Waals surface area contributed by atoms with E-state index in [0.717, 1.165) is 26.2 Å². The van der Waals surface area contributed by atoms with Crippen LogP contribution >= 0.6 is 0 Å². The number of nitrogens with zero attached hydrogens (tertiary/aromatic N) is 2. The van der Waals surface area contributed by atoms with Gasteiger partial charge in [-0.2, -0.15) is 0 Å².